The average molecular weight is 910 g/mol. The fraction of sp³-hybridized carbons (Fsp3) is 0.243. The predicted molar refractivity (Wildman–Crippen MR) is 198 cm³/mol. The van der Waals surface area contributed by atoms with E-state index < -0.39 is 92.4 Å². The van der Waals surface area contributed by atoms with E-state index in [1.54, 1.807) is 6.92 Å². The number of nitro benzene ring substituents is 2. The van der Waals surface area contributed by atoms with Crippen molar-refractivity contribution in [3.8, 4) is 23.0 Å². The Morgan fingerprint density at radius 3 is 1.44 bits per heavy atom. The van der Waals surface area contributed by atoms with E-state index in [-0.39, 0.29) is 46.3 Å². The number of carbonyl (C=O) groups is 4. The summed E-state index contributed by atoms with van der Waals surface area (Å²) in [6.45, 7) is 3.64. The second-order valence-electron chi connectivity index (χ2n) is 11.5. The van der Waals surface area contributed by atoms with Gasteiger partial charge in [0, 0.05) is 24.3 Å². The van der Waals surface area contributed by atoms with Crippen LogP contribution in [0.3, 0.4) is 0 Å². The second-order valence-corrected chi connectivity index (χ2v) is 12.4. The summed E-state index contributed by atoms with van der Waals surface area (Å²) in [5.41, 5.74) is -4.33. The quantitative estimate of drug-likeness (QED) is 0.0379. The van der Waals surface area contributed by atoms with E-state index in [1.807, 2.05) is 0 Å². The molecule has 326 valence electrons. The predicted octanol–water partition coefficient (Wildman–Crippen LogP) is 9.95. The van der Waals surface area contributed by atoms with Gasteiger partial charge in [-0.3, -0.25) is 20.2 Å². The largest absolute Gasteiger partial charge is 0.463 e. The Labute approximate surface area is 349 Å². The fourth-order valence-electron chi connectivity index (χ4n) is 4.51. The number of benzene rings is 4. The molecule has 1 unspecified atom stereocenters. The van der Waals surface area contributed by atoms with Gasteiger partial charge in [0.25, 0.3) is 11.4 Å². The van der Waals surface area contributed by atoms with Crippen molar-refractivity contribution in [2.45, 2.75) is 39.2 Å². The molecule has 0 fully saturated rings. The lowest BCUT2D eigenvalue weighted by Gasteiger charge is -2.13. The van der Waals surface area contributed by atoms with Crippen LogP contribution in [0.2, 0.25) is 10.0 Å². The SMILES string of the molecule is CCOC(=O)C(C)OC(=O)c1cc(Oc2ccc(C(F)(F)F)cc2Cl)ccc1[N+](=O)[O-].CCOC(=O)COC(=O)c1cc(Oc2ccc(C(F)(F)F)cc2Cl)ccc1[N+](=O)[O-]. The lowest BCUT2D eigenvalue weighted by molar-refractivity contribution is -0.385. The molecule has 0 heterocycles. The number of esters is 4. The first-order chi connectivity index (χ1) is 28.5. The molecule has 4 aromatic rings. The third-order valence-electron chi connectivity index (χ3n) is 7.27. The second kappa shape index (κ2) is 21.0. The minimum atomic E-state index is -4.61. The molecule has 0 radical (unpaired) electrons. The van der Waals surface area contributed by atoms with Crippen molar-refractivity contribution < 1.29 is 83.8 Å². The smallest absolute Gasteiger partial charge is 0.416 e. The maximum Gasteiger partial charge on any atom is 0.416 e. The molecule has 0 N–H and O–H groups in total. The van der Waals surface area contributed by atoms with E-state index in [0.29, 0.717) is 12.1 Å². The number of rotatable bonds is 14. The van der Waals surface area contributed by atoms with E-state index in [9.17, 15) is 65.7 Å². The molecule has 0 aliphatic heterocycles. The maximum absolute atomic E-state index is 12.8. The molecule has 0 spiro atoms. The highest BCUT2D eigenvalue weighted by molar-refractivity contribution is 6.32. The Morgan fingerprint density at radius 1 is 0.639 bits per heavy atom. The van der Waals surface area contributed by atoms with Gasteiger partial charge in [0.05, 0.1) is 44.2 Å². The molecule has 1 atom stereocenters. The molecule has 0 bridgehead atoms. The molecule has 0 aliphatic rings. The molecule has 0 aliphatic carbocycles. The van der Waals surface area contributed by atoms with Gasteiger partial charge in [0.2, 0.25) is 0 Å². The summed E-state index contributed by atoms with van der Waals surface area (Å²) in [5.74, 6) is -4.71. The summed E-state index contributed by atoms with van der Waals surface area (Å²) in [4.78, 5) is 68.1. The number of hydrogen-bond donors (Lipinski definition) is 0. The summed E-state index contributed by atoms with van der Waals surface area (Å²) in [6, 6.07) is 10.7. The summed E-state index contributed by atoms with van der Waals surface area (Å²) < 4.78 is 106. The van der Waals surface area contributed by atoms with Gasteiger partial charge >= 0.3 is 36.2 Å². The molecule has 0 saturated carbocycles. The number of ether oxygens (including phenoxy) is 6. The minimum absolute atomic E-state index is 0.0398. The van der Waals surface area contributed by atoms with Crippen molar-refractivity contribution >= 4 is 58.5 Å². The molecule has 0 saturated heterocycles. The van der Waals surface area contributed by atoms with Gasteiger partial charge in [-0.1, -0.05) is 23.2 Å². The fourth-order valence-corrected chi connectivity index (χ4v) is 4.95. The summed E-state index contributed by atoms with van der Waals surface area (Å²) >= 11 is 11.6. The molecule has 0 amide bonds. The number of nitro groups is 2. The zero-order valence-electron chi connectivity index (χ0n) is 31.3. The average Bonchev–Trinajstić information content (AvgIpc) is 3.17. The topological polar surface area (TPSA) is 210 Å². The van der Waals surface area contributed by atoms with E-state index in [2.05, 4.69) is 4.74 Å². The zero-order valence-corrected chi connectivity index (χ0v) is 32.8. The van der Waals surface area contributed by atoms with Crippen LogP contribution in [0.1, 0.15) is 52.6 Å². The first-order valence-electron chi connectivity index (χ1n) is 16.8. The van der Waals surface area contributed by atoms with Crippen molar-refractivity contribution in [1.82, 2.24) is 0 Å². The summed E-state index contributed by atoms with van der Waals surface area (Å²) in [5, 5.41) is 21.7. The molecule has 16 nitrogen and oxygen atoms in total. The van der Waals surface area contributed by atoms with Crippen LogP contribution in [0.25, 0.3) is 0 Å². The van der Waals surface area contributed by atoms with Crippen LogP contribution in [-0.2, 0) is 40.9 Å². The highest BCUT2D eigenvalue weighted by Crippen LogP contribution is 2.39. The summed E-state index contributed by atoms with van der Waals surface area (Å²) in [6.07, 6.45) is -10.5. The van der Waals surface area contributed by atoms with Crippen molar-refractivity contribution in [2.75, 3.05) is 19.8 Å². The van der Waals surface area contributed by atoms with Crippen LogP contribution >= 0.6 is 23.2 Å². The van der Waals surface area contributed by atoms with Crippen molar-refractivity contribution in [3.05, 3.63) is 125 Å². The van der Waals surface area contributed by atoms with Crippen molar-refractivity contribution in [3.63, 3.8) is 0 Å². The first kappa shape index (κ1) is 48.7. The Balaban J connectivity index is 0.000000325. The van der Waals surface area contributed by atoms with Crippen LogP contribution in [0, 0.1) is 20.2 Å². The lowest BCUT2D eigenvalue weighted by Crippen LogP contribution is -2.26. The molecule has 4 rings (SSSR count). The Hall–Kier alpha value is -6.68. The minimum Gasteiger partial charge on any atom is -0.463 e. The van der Waals surface area contributed by atoms with Crippen LogP contribution in [0.5, 0.6) is 23.0 Å². The van der Waals surface area contributed by atoms with Crippen LogP contribution < -0.4 is 9.47 Å². The summed E-state index contributed by atoms with van der Waals surface area (Å²) in [7, 11) is 0. The number of hydrogen-bond acceptors (Lipinski definition) is 14. The van der Waals surface area contributed by atoms with E-state index in [0.717, 1.165) is 60.7 Å². The van der Waals surface area contributed by atoms with Crippen molar-refractivity contribution in [1.29, 1.82) is 0 Å². The number of halogens is 8. The van der Waals surface area contributed by atoms with E-state index >= 15 is 0 Å². The van der Waals surface area contributed by atoms with Gasteiger partial charge in [-0.05, 0) is 69.3 Å². The number of carbonyl (C=O) groups excluding carboxylic acids is 4. The van der Waals surface area contributed by atoms with Gasteiger partial charge in [-0.15, -0.1) is 0 Å². The molecule has 0 aromatic heterocycles. The van der Waals surface area contributed by atoms with E-state index in [4.69, 9.17) is 46.9 Å². The van der Waals surface area contributed by atoms with Crippen molar-refractivity contribution in [2.24, 2.45) is 0 Å². The van der Waals surface area contributed by atoms with E-state index in [1.165, 1.54) is 13.8 Å². The zero-order chi connectivity index (χ0) is 45.8. The Kier molecular flexibility index (Phi) is 16.8. The van der Waals surface area contributed by atoms with Gasteiger partial charge in [0.1, 0.15) is 34.1 Å². The van der Waals surface area contributed by atoms with Gasteiger partial charge < -0.3 is 28.4 Å². The molecule has 24 heteroatoms. The molecule has 61 heavy (non-hydrogen) atoms. The highest BCUT2D eigenvalue weighted by Gasteiger charge is 2.33. The van der Waals surface area contributed by atoms with Crippen LogP contribution in [-0.4, -0.2) is 59.6 Å². The van der Waals surface area contributed by atoms with Gasteiger partial charge in [-0.25, -0.2) is 19.2 Å². The Bertz CT molecular complexity index is 2310. The number of alkyl halides is 6. The third-order valence-corrected chi connectivity index (χ3v) is 7.86. The lowest BCUT2D eigenvalue weighted by atomic mass is 10.1. The normalized spacial score (nSPS) is 11.5. The number of nitrogens with zero attached hydrogens (tertiary/aromatic N) is 2. The Morgan fingerprint density at radius 2 is 1.07 bits per heavy atom. The molecular formula is C37H28Cl2F6N2O14. The van der Waals surface area contributed by atoms with Gasteiger partial charge in [-0.2, -0.15) is 26.3 Å². The molecular weight excluding hydrogens is 881 g/mol. The van der Waals surface area contributed by atoms with Crippen LogP contribution in [0.4, 0.5) is 37.7 Å². The monoisotopic (exact) mass is 908 g/mol. The van der Waals surface area contributed by atoms with Gasteiger partial charge in [0.15, 0.2) is 12.7 Å². The maximum atomic E-state index is 12.8. The van der Waals surface area contributed by atoms with Crippen LogP contribution in [0.15, 0.2) is 72.8 Å². The highest BCUT2D eigenvalue weighted by atomic mass is 35.5. The first-order valence-corrected chi connectivity index (χ1v) is 17.6. The standard InChI is InChI=1S/C19H15ClF3NO7.C18H13ClF3NO7/c1-3-29-17(25)10(2)30-18(26)13-9-12(5-6-15(13)24(27)28)31-16-7-4-11(8-14(16)20)19(21,22)23;1-2-28-16(24)9-29-17(25)12-8-11(4-5-14(12)23(26)27)30-15-6-3-10(7-13(15)19)18(20,21)22/h4-10H,3H2,1-2H3;3-8H,2,9H2,1H3. The third kappa shape index (κ3) is 14.0. The molecule has 4 aromatic carbocycles.